The lowest BCUT2D eigenvalue weighted by Crippen LogP contribution is -2.03. The maximum atomic E-state index is 4.26. The van der Waals surface area contributed by atoms with E-state index < -0.39 is 0 Å². The van der Waals surface area contributed by atoms with Gasteiger partial charge in [-0.1, -0.05) is 0 Å². The number of hydrogen-bond donors (Lipinski definition) is 0. The fraction of sp³-hybridized carbons (Fsp3) is 0.200. The fourth-order valence-electron chi connectivity index (χ4n) is 1.63. The van der Waals surface area contributed by atoms with Gasteiger partial charge in [0, 0.05) is 6.20 Å². The third-order valence-corrected chi connectivity index (χ3v) is 2.42. The molecule has 84 valence electrons. The quantitative estimate of drug-likeness (QED) is 0.605. The van der Waals surface area contributed by atoms with Crippen LogP contribution < -0.4 is 0 Å². The van der Waals surface area contributed by atoms with Crippen molar-refractivity contribution in [3.05, 3.63) is 30.1 Å². The van der Waals surface area contributed by atoms with Crippen LogP contribution in [0.15, 0.2) is 18.6 Å². The SMILES string of the molecule is Cc1nc2nnc(-c3ccncn3)c(C)n2n1. The third kappa shape index (κ3) is 1.52. The molecule has 0 amide bonds. The van der Waals surface area contributed by atoms with Gasteiger partial charge in [-0.2, -0.15) is 9.50 Å². The Labute approximate surface area is 96.6 Å². The van der Waals surface area contributed by atoms with E-state index in [9.17, 15) is 0 Å². The minimum Gasteiger partial charge on any atom is -0.245 e. The van der Waals surface area contributed by atoms with E-state index in [4.69, 9.17) is 0 Å². The van der Waals surface area contributed by atoms with Crippen LogP contribution in [0.2, 0.25) is 0 Å². The Morgan fingerprint density at radius 3 is 2.82 bits per heavy atom. The van der Waals surface area contributed by atoms with Gasteiger partial charge in [0.25, 0.3) is 5.78 Å². The van der Waals surface area contributed by atoms with Crippen molar-refractivity contribution >= 4 is 5.78 Å². The third-order valence-electron chi connectivity index (χ3n) is 2.42. The van der Waals surface area contributed by atoms with Crippen molar-refractivity contribution < 1.29 is 0 Å². The van der Waals surface area contributed by atoms with Gasteiger partial charge in [-0.15, -0.1) is 15.3 Å². The first-order valence-corrected chi connectivity index (χ1v) is 5.09. The summed E-state index contributed by atoms with van der Waals surface area (Å²) in [5.41, 5.74) is 2.26. The van der Waals surface area contributed by atoms with E-state index in [1.165, 1.54) is 6.33 Å². The van der Waals surface area contributed by atoms with Gasteiger partial charge in [-0.25, -0.2) is 9.97 Å². The molecule has 0 N–H and O–H groups in total. The molecular formula is C10H9N7. The summed E-state index contributed by atoms with van der Waals surface area (Å²) in [6.45, 7) is 3.73. The van der Waals surface area contributed by atoms with Crippen LogP contribution in [-0.4, -0.2) is 34.8 Å². The molecule has 0 atom stereocenters. The average Bonchev–Trinajstić information content (AvgIpc) is 2.72. The molecule has 7 heteroatoms. The molecule has 0 bridgehead atoms. The number of nitrogens with zero attached hydrogens (tertiary/aromatic N) is 7. The van der Waals surface area contributed by atoms with Crippen molar-refractivity contribution in [2.45, 2.75) is 13.8 Å². The molecule has 0 fully saturated rings. The van der Waals surface area contributed by atoms with Crippen LogP contribution in [0.25, 0.3) is 17.2 Å². The predicted molar refractivity (Wildman–Crippen MR) is 59.1 cm³/mol. The zero-order chi connectivity index (χ0) is 11.8. The van der Waals surface area contributed by atoms with Crippen LogP contribution in [0.5, 0.6) is 0 Å². The highest BCUT2D eigenvalue weighted by Gasteiger charge is 2.11. The molecule has 0 aliphatic heterocycles. The van der Waals surface area contributed by atoms with Crippen molar-refractivity contribution in [3.8, 4) is 11.4 Å². The second-order valence-electron chi connectivity index (χ2n) is 3.60. The normalized spacial score (nSPS) is 10.9. The van der Waals surface area contributed by atoms with Gasteiger partial charge in [0.2, 0.25) is 0 Å². The van der Waals surface area contributed by atoms with Gasteiger partial charge in [-0.05, 0) is 19.9 Å². The molecule has 0 radical (unpaired) electrons. The number of aromatic nitrogens is 7. The Bertz CT molecular complexity index is 674. The molecule has 0 saturated carbocycles. The van der Waals surface area contributed by atoms with Gasteiger partial charge in [0.05, 0.1) is 11.4 Å². The van der Waals surface area contributed by atoms with Gasteiger partial charge in [0.15, 0.2) is 0 Å². The fourth-order valence-corrected chi connectivity index (χ4v) is 1.63. The number of fused-ring (bicyclic) bond motifs is 1. The summed E-state index contributed by atoms with van der Waals surface area (Å²) in [7, 11) is 0. The summed E-state index contributed by atoms with van der Waals surface area (Å²) >= 11 is 0. The van der Waals surface area contributed by atoms with E-state index in [1.807, 2.05) is 13.8 Å². The zero-order valence-corrected chi connectivity index (χ0v) is 9.36. The number of hydrogen-bond acceptors (Lipinski definition) is 6. The largest absolute Gasteiger partial charge is 0.272 e. The Morgan fingerprint density at radius 2 is 2.06 bits per heavy atom. The molecule has 0 unspecified atom stereocenters. The maximum absolute atomic E-state index is 4.26. The van der Waals surface area contributed by atoms with Gasteiger partial charge in [0.1, 0.15) is 17.8 Å². The van der Waals surface area contributed by atoms with Crippen LogP contribution in [0.3, 0.4) is 0 Å². The Hall–Kier alpha value is -2.44. The van der Waals surface area contributed by atoms with Crippen LogP contribution in [0.4, 0.5) is 0 Å². The lowest BCUT2D eigenvalue weighted by atomic mass is 10.2. The van der Waals surface area contributed by atoms with Crippen molar-refractivity contribution in [2.24, 2.45) is 0 Å². The minimum atomic E-state index is 0.498. The van der Waals surface area contributed by atoms with Crippen molar-refractivity contribution in [1.29, 1.82) is 0 Å². The molecule has 0 aliphatic rings. The average molecular weight is 227 g/mol. The molecular weight excluding hydrogens is 218 g/mol. The lowest BCUT2D eigenvalue weighted by molar-refractivity contribution is 0.841. The Kier molecular flexibility index (Phi) is 2.04. The second-order valence-corrected chi connectivity index (χ2v) is 3.60. The summed E-state index contributed by atoms with van der Waals surface area (Å²) in [5, 5.41) is 12.4. The van der Waals surface area contributed by atoms with Gasteiger partial charge in [-0.3, -0.25) is 0 Å². The van der Waals surface area contributed by atoms with Gasteiger partial charge < -0.3 is 0 Å². The molecule has 0 spiro atoms. The van der Waals surface area contributed by atoms with E-state index in [2.05, 4.69) is 30.2 Å². The number of aryl methyl sites for hydroxylation is 2. The van der Waals surface area contributed by atoms with Crippen LogP contribution in [0, 0.1) is 13.8 Å². The van der Waals surface area contributed by atoms with E-state index in [0.29, 0.717) is 17.3 Å². The molecule has 0 saturated heterocycles. The first-order valence-electron chi connectivity index (χ1n) is 5.09. The lowest BCUT2D eigenvalue weighted by Gasteiger charge is -2.03. The first-order chi connectivity index (χ1) is 8.25. The van der Waals surface area contributed by atoms with Crippen LogP contribution in [-0.2, 0) is 0 Å². The van der Waals surface area contributed by atoms with Crippen LogP contribution in [0.1, 0.15) is 11.5 Å². The van der Waals surface area contributed by atoms with Crippen molar-refractivity contribution in [3.63, 3.8) is 0 Å². The number of rotatable bonds is 1. The Balaban J connectivity index is 2.28. The van der Waals surface area contributed by atoms with Crippen LogP contribution >= 0.6 is 0 Å². The molecule has 3 heterocycles. The summed E-state index contributed by atoms with van der Waals surface area (Å²) in [4.78, 5) is 12.2. The van der Waals surface area contributed by atoms with E-state index in [0.717, 1.165) is 11.4 Å². The summed E-state index contributed by atoms with van der Waals surface area (Å²) in [6, 6.07) is 1.78. The van der Waals surface area contributed by atoms with E-state index in [-0.39, 0.29) is 0 Å². The molecule has 17 heavy (non-hydrogen) atoms. The minimum absolute atomic E-state index is 0.498. The van der Waals surface area contributed by atoms with Crippen molar-refractivity contribution in [1.82, 2.24) is 34.8 Å². The first kappa shape index (κ1) is 9.76. The molecule has 0 aliphatic carbocycles. The molecule has 7 nitrogen and oxygen atoms in total. The summed E-state index contributed by atoms with van der Waals surface area (Å²) in [5.74, 6) is 1.17. The molecule has 3 aromatic heterocycles. The molecule has 0 aromatic carbocycles. The van der Waals surface area contributed by atoms with E-state index >= 15 is 0 Å². The molecule has 3 rings (SSSR count). The maximum Gasteiger partial charge on any atom is 0.272 e. The highest BCUT2D eigenvalue weighted by molar-refractivity contribution is 5.56. The Morgan fingerprint density at radius 1 is 1.18 bits per heavy atom. The topological polar surface area (TPSA) is 81.8 Å². The zero-order valence-electron chi connectivity index (χ0n) is 9.36. The van der Waals surface area contributed by atoms with Gasteiger partial charge >= 0.3 is 0 Å². The smallest absolute Gasteiger partial charge is 0.245 e. The summed E-state index contributed by atoms with van der Waals surface area (Å²) < 4.78 is 1.67. The monoisotopic (exact) mass is 227 g/mol. The predicted octanol–water partition coefficient (Wildman–Crippen LogP) is 0.593. The summed E-state index contributed by atoms with van der Waals surface area (Å²) in [6.07, 6.45) is 3.15. The highest BCUT2D eigenvalue weighted by atomic mass is 15.4. The van der Waals surface area contributed by atoms with Crippen molar-refractivity contribution in [2.75, 3.05) is 0 Å². The second kappa shape index (κ2) is 3.55. The highest BCUT2D eigenvalue weighted by Crippen LogP contribution is 2.16. The van der Waals surface area contributed by atoms with E-state index in [1.54, 1.807) is 16.8 Å². The molecule has 3 aromatic rings. The standard InChI is InChI=1S/C10H9N7/c1-6-9(8-3-4-11-5-12-8)14-15-10-13-7(2)16-17(6)10/h3-5H,1-2H3.